The number of halogens is 1. The van der Waals surface area contributed by atoms with Crippen LogP contribution >= 0.6 is 12.4 Å². The Bertz CT molecular complexity index is 33.8. The van der Waals surface area contributed by atoms with E-state index in [-0.39, 0.29) is 29.5 Å². The maximum absolute atomic E-state index is 8.56. The van der Waals surface area contributed by atoms with Crippen LogP contribution < -0.4 is 0 Å². The predicted octanol–water partition coefficient (Wildman–Crippen LogP) is 0.642. The molecule has 0 aliphatic carbocycles. The molecule has 0 unspecified atom stereocenters. The van der Waals surface area contributed by atoms with Gasteiger partial charge in [0.05, 0.1) is 0 Å². The van der Waals surface area contributed by atoms with Crippen molar-refractivity contribution in [2.45, 2.75) is 0 Å². The summed E-state index contributed by atoms with van der Waals surface area (Å²) in [4.78, 5) is 8.56. The quantitative estimate of drug-likeness (QED) is 0.503. The van der Waals surface area contributed by atoms with Gasteiger partial charge in [0.15, 0.2) is 0 Å². The zero-order chi connectivity index (χ0) is 3.58. The van der Waals surface area contributed by atoms with E-state index in [0.717, 1.165) is 0 Å². The van der Waals surface area contributed by atoms with Gasteiger partial charge in [-0.05, 0) is 0 Å². The van der Waals surface area contributed by atoms with E-state index in [1.54, 1.807) is 0 Å². The molecule has 0 atom stereocenters. The topological polar surface area (TPSA) is 57.5 Å². The summed E-state index contributed by atoms with van der Waals surface area (Å²) in [6, 6.07) is 0. The summed E-state index contributed by atoms with van der Waals surface area (Å²) in [6.07, 6.45) is -1.83. The summed E-state index contributed by atoms with van der Waals surface area (Å²) in [5.41, 5.74) is 0. The zero-order valence-electron chi connectivity index (χ0n) is 2.56. The molecule has 40 valence electrons. The fraction of sp³-hybridized carbons (Fsp3) is 0. The van der Waals surface area contributed by atoms with E-state index in [2.05, 4.69) is 0 Å². The van der Waals surface area contributed by atoms with Crippen molar-refractivity contribution in [3.05, 3.63) is 0 Å². The maximum Gasteiger partial charge on any atom is 0.503 e. The third-order valence-corrected chi connectivity index (χ3v) is 0. The molecule has 0 rings (SSSR count). The van der Waals surface area contributed by atoms with E-state index in [1.165, 1.54) is 0 Å². The molecule has 0 saturated carbocycles. The van der Waals surface area contributed by atoms with E-state index < -0.39 is 6.16 Å². The van der Waals surface area contributed by atoms with Gasteiger partial charge in [-0.15, -0.1) is 12.4 Å². The minimum atomic E-state index is -1.83. The van der Waals surface area contributed by atoms with Gasteiger partial charge in [0, 0.05) is 17.1 Å². The van der Waals surface area contributed by atoms with Crippen LogP contribution in [0.2, 0.25) is 0 Å². The Hall–Kier alpha value is 0.0795. The summed E-state index contributed by atoms with van der Waals surface area (Å²) >= 11 is 0. The van der Waals surface area contributed by atoms with Crippen molar-refractivity contribution < 1.29 is 32.1 Å². The summed E-state index contributed by atoms with van der Waals surface area (Å²) in [5, 5.41) is 13.9. The van der Waals surface area contributed by atoms with Crippen LogP contribution in [0.3, 0.4) is 0 Å². The van der Waals surface area contributed by atoms with Crippen molar-refractivity contribution in [2.24, 2.45) is 0 Å². The van der Waals surface area contributed by atoms with Gasteiger partial charge in [-0.2, -0.15) is 0 Å². The van der Waals surface area contributed by atoms with E-state index >= 15 is 0 Å². The van der Waals surface area contributed by atoms with Gasteiger partial charge in [0.25, 0.3) is 0 Å². The first-order valence-electron chi connectivity index (χ1n) is 0.651. The SMILES string of the molecule is Cl.O=C(O)O.[Fe]. The van der Waals surface area contributed by atoms with Crippen molar-refractivity contribution in [3.63, 3.8) is 0 Å². The van der Waals surface area contributed by atoms with E-state index in [0.29, 0.717) is 0 Å². The molecule has 0 aliphatic heterocycles. The normalized spacial score (nSPS) is 4.00. The van der Waals surface area contributed by atoms with Crippen molar-refractivity contribution in [3.8, 4) is 0 Å². The first-order valence-corrected chi connectivity index (χ1v) is 0.651. The molecular formula is CH3ClFeO3. The summed E-state index contributed by atoms with van der Waals surface area (Å²) in [5.74, 6) is 0. The van der Waals surface area contributed by atoms with Gasteiger partial charge >= 0.3 is 6.16 Å². The molecule has 0 radical (unpaired) electrons. The largest absolute Gasteiger partial charge is 0.503 e. The van der Waals surface area contributed by atoms with Crippen LogP contribution in [0.4, 0.5) is 4.79 Å². The summed E-state index contributed by atoms with van der Waals surface area (Å²) < 4.78 is 0. The molecule has 6 heavy (non-hydrogen) atoms. The molecule has 0 saturated heterocycles. The number of rotatable bonds is 0. The fourth-order valence-electron chi connectivity index (χ4n) is 0. The fourth-order valence-corrected chi connectivity index (χ4v) is 0. The Morgan fingerprint density at radius 1 is 1.33 bits per heavy atom. The van der Waals surface area contributed by atoms with Gasteiger partial charge in [0.2, 0.25) is 0 Å². The van der Waals surface area contributed by atoms with Crippen molar-refractivity contribution in [1.82, 2.24) is 0 Å². The van der Waals surface area contributed by atoms with Crippen LogP contribution in [0.1, 0.15) is 0 Å². The Morgan fingerprint density at radius 2 is 1.33 bits per heavy atom. The number of carbonyl (C=O) groups is 1. The number of carboxylic acid groups (broad SMARTS) is 2. The van der Waals surface area contributed by atoms with Crippen LogP contribution in [0.25, 0.3) is 0 Å². The number of hydrogen-bond acceptors (Lipinski definition) is 1. The molecule has 0 aliphatic rings. The smallest absolute Gasteiger partial charge is 0.450 e. The minimum absolute atomic E-state index is 0. The van der Waals surface area contributed by atoms with E-state index in [4.69, 9.17) is 15.0 Å². The Labute approximate surface area is 51.2 Å². The molecule has 2 N–H and O–H groups in total. The Balaban J connectivity index is -0.0000000450. The van der Waals surface area contributed by atoms with Crippen molar-refractivity contribution in [1.29, 1.82) is 0 Å². The van der Waals surface area contributed by atoms with Crippen LogP contribution in [-0.4, -0.2) is 16.4 Å². The molecule has 0 fully saturated rings. The molecule has 5 heteroatoms. The molecular weight excluding hydrogens is 151 g/mol. The standard InChI is InChI=1S/CH2O3.ClH.Fe/c2-1(3)4;;/h(H2,2,3,4);1H;. The molecule has 3 nitrogen and oxygen atoms in total. The second-order valence-electron chi connectivity index (χ2n) is 0.283. The second-order valence-corrected chi connectivity index (χ2v) is 0.283. The molecule has 0 amide bonds. The van der Waals surface area contributed by atoms with Gasteiger partial charge in [-0.25, -0.2) is 4.79 Å². The Morgan fingerprint density at radius 3 is 1.33 bits per heavy atom. The van der Waals surface area contributed by atoms with Gasteiger partial charge in [-0.3, -0.25) is 0 Å². The zero-order valence-corrected chi connectivity index (χ0v) is 4.49. The third-order valence-electron chi connectivity index (χ3n) is 0. The number of hydrogen-bond donors (Lipinski definition) is 2. The van der Waals surface area contributed by atoms with Crippen LogP contribution in [0.5, 0.6) is 0 Å². The van der Waals surface area contributed by atoms with Crippen LogP contribution in [0.15, 0.2) is 0 Å². The molecule has 0 aromatic carbocycles. The third kappa shape index (κ3) is 6120. The molecule has 0 bridgehead atoms. The summed E-state index contributed by atoms with van der Waals surface area (Å²) in [7, 11) is 0. The van der Waals surface area contributed by atoms with Crippen LogP contribution in [-0.2, 0) is 17.1 Å². The first kappa shape index (κ1) is 16.5. The monoisotopic (exact) mass is 154 g/mol. The van der Waals surface area contributed by atoms with Gasteiger partial charge in [-0.1, -0.05) is 0 Å². The van der Waals surface area contributed by atoms with Crippen LogP contribution in [0, 0.1) is 0 Å². The average Bonchev–Trinajstić information content (AvgIpc) is 0.811. The van der Waals surface area contributed by atoms with Crippen molar-refractivity contribution >= 4 is 18.6 Å². The van der Waals surface area contributed by atoms with Gasteiger partial charge < -0.3 is 10.2 Å². The second kappa shape index (κ2) is 8.91. The summed E-state index contributed by atoms with van der Waals surface area (Å²) in [6.45, 7) is 0. The molecule has 0 spiro atoms. The molecule has 0 aromatic rings. The first-order chi connectivity index (χ1) is 1.73. The Kier molecular flexibility index (Phi) is 24.6. The van der Waals surface area contributed by atoms with Gasteiger partial charge in [0.1, 0.15) is 0 Å². The molecule has 0 heterocycles. The van der Waals surface area contributed by atoms with Crippen molar-refractivity contribution in [2.75, 3.05) is 0 Å². The predicted molar refractivity (Wildman–Crippen MR) is 17.9 cm³/mol. The molecule has 0 aromatic heterocycles. The minimum Gasteiger partial charge on any atom is -0.450 e. The average molecular weight is 154 g/mol. The van der Waals surface area contributed by atoms with E-state index in [1.807, 2.05) is 0 Å². The van der Waals surface area contributed by atoms with E-state index in [9.17, 15) is 0 Å². The maximum atomic E-state index is 8.56.